The number of likely N-dealkylation sites (N-methyl/N-ethyl adjacent to an activating group) is 1. The summed E-state index contributed by atoms with van der Waals surface area (Å²) in [6, 6.07) is 10.2. The number of carbonyl (C=O) groups excluding carboxylic acids is 5. The van der Waals surface area contributed by atoms with E-state index in [9.17, 15) is 24.0 Å². The monoisotopic (exact) mass is 771 g/mol. The summed E-state index contributed by atoms with van der Waals surface area (Å²) in [5.41, 5.74) is 3.71. The van der Waals surface area contributed by atoms with Gasteiger partial charge >= 0.3 is 0 Å². The Hall–Kier alpha value is -6.20. The summed E-state index contributed by atoms with van der Waals surface area (Å²) in [6.07, 6.45) is 9.13. The Bertz CT molecular complexity index is 2480. The molecular weight excluding hydrogens is 731 g/mol. The highest BCUT2D eigenvalue weighted by Crippen LogP contribution is 2.36. The number of piperidine rings is 2. The maximum atomic E-state index is 13.5. The summed E-state index contributed by atoms with van der Waals surface area (Å²) in [5, 5.41) is 15.5. The Labute approximate surface area is 326 Å². The lowest BCUT2D eigenvalue weighted by atomic mass is 9.95. The molecule has 0 aliphatic carbocycles. The van der Waals surface area contributed by atoms with Crippen molar-refractivity contribution in [1.82, 2.24) is 44.4 Å². The van der Waals surface area contributed by atoms with E-state index in [4.69, 9.17) is 9.84 Å². The van der Waals surface area contributed by atoms with Gasteiger partial charge in [-0.1, -0.05) is 0 Å². The minimum absolute atomic E-state index is 0.0250. The zero-order valence-corrected chi connectivity index (χ0v) is 31.3. The fourth-order valence-electron chi connectivity index (χ4n) is 8.81. The van der Waals surface area contributed by atoms with Crippen LogP contribution in [0, 0.1) is 5.92 Å². The Kier molecular flexibility index (Phi) is 8.51. The molecule has 292 valence electrons. The number of likely N-dealkylation sites (tertiary alicyclic amines) is 2. The van der Waals surface area contributed by atoms with Gasteiger partial charge in [0.1, 0.15) is 23.5 Å². The highest BCUT2D eigenvalue weighted by atomic mass is 16.5. The number of hydrogen-bond donors (Lipinski definition) is 2. The molecule has 2 aromatic carbocycles. The zero-order valence-electron chi connectivity index (χ0n) is 31.3. The highest BCUT2D eigenvalue weighted by molar-refractivity contribution is 6.23. The Morgan fingerprint density at radius 2 is 1.79 bits per heavy atom. The molecule has 3 aromatic heterocycles. The number of imide groups is 2. The quantitative estimate of drug-likeness (QED) is 0.209. The van der Waals surface area contributed by atoms with E-state index in [0.29, 0.717) is 39.7 Å². The average Bonchev–Trinajstić information content (AvgIpc) is 3.87. The standard InChI is InChI=1S/C40H41N11O6/c1-46-21-27(22-46)57-34-15-31-24(13-32(34)43-37(53)30-16-42-49-10-2-9-41-36(30)49)20-50(45-31)25-7-11-47(12-8-25)17-23-18-48(19-23)26-3-4-28-29(14-26)40(56)51(39(28)55)33-5-6-35(52)44-38(33)54/h2-4,9-10,13-16,20,23,25,27,33H,5-8,11-12,17-19,21-22H2,1H3,(H,43,53)(H,44,52,54). The van der Waals surface area contributed by atoms with Crippen molar-refractivity contribution in [3.05, 3.63) is 77.9 Å². The maximum absolute atomic E-state index is 13.5. The van der Waals surface area contributed by atoms with Gasteiger partial charge in [0.25, 0.3) is 17.7 Å². The Balaban J connectivity index is 0.763. The topological polar surface area (TPSA) is 180 Å². The molecule has 0 radical (unpaired) electrons. The van der Waals surface area contributed by atoms with Gasteiger partial charge in [0.15, 0.2) is 5.65 Å². The number of nitrogens with zero attached hydrogens (tertiary/aromatic N) is 9. The van der Waals surface area contributed by atoms with Crippen molar-refractivity contribution in [2.75, 3.05) is 63.1 Å². The molecule has 57 heavy (non-hydrogen) atoms. The van der Waals surface area contributed by atoms with Crippen LogP contribution in [0.3, 0.4) is 0 Å². The van der Waals surface area contributed by atoms with Gasteiger partial charge in [-0.3, -0.25) is 43.8 Å². The molecule has 1 unspecified atom stereocenters. The van der Waals surface area contributed by atoms with Gasteiger partial charge in [-0.15, -0.1) is 0 Å². The fourth-order valence-corrected chi connectivity index (χ4v) is 8.81. The first-order valence-corrected chi connectivity index (χ1v) is 19.5. The summed E-state index contributed by atoms with van der Waals surface area (Å²) in [7, 11) is 2.05. The predicted octanol–water partition coefficient (Wildman–Crippen LogP) is 2.20. The summed E-state index contributed by atoms with van der Waals surface area (Å²) in [4.78, 5) is 76.2. The number of anilines is 2. The Morgan fingerprint density at radius 1 is 0.982 bits per heavy atom. The number of amides is 5. The van der Waals surface area contributed by atoms with Crippen LogP contribution in [0.15, 0.2) is 61.2 Å². The van der Waals surface area contributed by atoms with Crippen LogP contribution < -0.4 is 20.3 Å². The molecule has 0 bridgehead atoms. The number of hydrogen-bond acceptors (Lipinski definition) is 12. The number of nitrogens with one attached hydrogen (secondary N) is 2. The minimum atomic E-state index is -0.976. The van der Waals surface area contributed by atoms with Gasteiger partial charge in [0.05, 0.1) is 34.6 Å². The fraction of sp³-hybridized carbons (Fsp3) is 0.400. The van der Waals surface area contributed by atoms with Crippen molar-refractivity contribution in [2.45, 2.75) is 43.9 Å². The van der Waals surface area contributed by atoms with E-state index in [0.717, 1.165) is 80.1 Å². The zero-order chi connectivity index (χ0) is 38.9. The molecule has 4 saturated heterocycles. The summed E-state index contributed by atoms with van der Waals surface area (Å²) >= 11 is 0. The molecule has 0 spiro atoms. The molecule has 5 aliphatic heterocycles. The van der Waals surface area contributed by atoms with Crippen molar-refractivity contribution < 1.29 is 28.7 Å². The van der Waals surface area contributed by atoms with Crippen LogP contribution in [0.1, 0.15) is 62.8 Å². The lowest BCUT2D eigenvalue weighted by Gasteiger charge is -2.44. The first-order chi connectivity index (χ1) is 27.6. The van der Waals surface area contributed by atoms with Crippen LogP contribution in [0.4, 0.5) is 11.4 Å². The van der Waals surface area contributed by atoms with E-state index >= 15 is 0 Å². The first kappa shape index (κ1) is 35.2. The van der Waals surface area contributed by atoms with E-state index in [-0.39, 0.29) is 30.9 Å². The second kappa shape index (κ2) is 13.8. The number of fused-ring (bicyclic) bond motifs is 3. The molecule has 2 N–H and O–H groups in total. The molecule has 5 aliphatic rings. The summed E-state index contributed by atoms with van der Waals surface area (Å²) in [5.74, 6) is -1.25. The van der Waals surface area contributed by atoms with Gasteiger partial charge in [-0.2, -0.15) is 10.2 Å². The van der Waals surface area contributed by atoms with Crippen molar-refractivity contribution >= 4 is 57.5 Å². The molecule has 17 nitrogen and oxygen atoms in total. The SMILES string of the molecule is CN1CC(Oc2cc3nn(C4CCN(CC5CN(c6ccc7c(c6)C(=O)N(C6CCC(=O)NC6=O)C7=O)C5)CC4)cc3cc2NC(=O)c2cnn3cccnc23)C1. The van der Waals surface area contributed by atoms with Crippen LogP contribution in [0.25, 0.3) is 16.6 Å². The van der Waals surface area contributed by atoms with E-state index in [2.05, 4.69) is 46.3 Å². The molecule has 5 aromatic rings. The largest absolute Gasteiger partial charge is 0.485 e. The van der Waals surface area contributed by atoms with Gasteiger partial charge in [0, 0.05) is 93.9 Å². The van der Waals surface area contributed by atoms with E-state index in [1.807, 2.05) is 25.2 Å². The molecule has 10 rings (SSSR count). The van der Waals surface area contributed by atoms with Crippen LogP contribution in [0.2, 0.25) is 0 Å². The molecule has 4 fully saturated rings. The minimum Gasteiger partial charge on any atom is -0.485 e. The molecule has 1 atom stereocenters. The normalized spacial score (nSPS) is 21.2. The lowest BCUT2D eigenvalue weighted by molar-refractivity contribution is -0.136. The van der Waals surface area contributed by atoms with E-state index < -0.39 is 29.7 Å². The van der Waals surface area contributed by atoms with Crippen molar-refractivity contribution in [1.29, 1.82) is 0 Å². The highest BCUT2D eigenvalue weighted by Gasteiger charge is 2.45. The summed E-state index contributed by atoms with van der Waals surface area (Å²) in [6.45, 7) is 6.16. The third-order valence-corrected chi connectivity index (χ3v) is 11.9. The molecule has 0 saturated carbocycles. The predicted molar refractivity (Wildman–Crippen MR) is 206 cm³/mol. The number of aromatic nitrogens is 5. The van der Waals surface area contributed by atoms with Gasteiger partial charge in [0.2, 0.25) is 11.8 Å². The van der Waals surface area contributed by atoms with Crippen LogP contribution in [0.5, 0.6) is 5.75 Å². The second-order valence-corrected chi connectivity index (χ2v) is 15.9. The van der Waals surface area contributed by atoms with E-state index in [1.54, 1.807) is 35.1 Å². The van der Waals surface area contributed by atoms with Crippen molar-refractivity contribution in [2.24, 2.45) is 5.92 Å². The molecule has 5 amide bonds. The number of ether oxygens (including phenoxy) is 1. The molecule has 8 heterocycles. The van der Waals surface area contributed by atoms with Crippen molar-refractivity contribution in [3.8, 4) is 5.75 Å². The van der Waals surface area contributed by atoms with Crippen LogP contribution >= 0.6 is 0 Å². The van der Waals surface area contributed by atoms with Crippen molar-refractivity contribution in [3.63, 3.8) is 0 Å². The number of benzene rings is 2. The first-order valence-electron chi connectivity index (χ1n) is 19.5. The number of rotatable bonds is 9. The average molecular weight is 772 g/mol. The third kappa shape index (κ3) is 6.36. The smallest absolute Gasteiger partial charge is 0.262 e. The van der Waals surface area contributed by atoms with Gasteiger partial charge < -0.3 is 19.9 Å². The third-order valence-electron chi connectivity index (χ3n) is 11.9. The maximum Gasteiger partial charge on any atom is 0.262 e. The summed E-state index contributed by atoms with van der Waals surface area (Å²) < 4.78 is 10.0. The van der Waals surface area contributed by atoms with E-state index in [1.165, 1.54) is 6.20 Å². The second-order valence-electron chi connectivity index (χ2n) is 15.9. The van der Waals surface area contributed by atoms with Crippen LogP contribution in [-0.2, 0) is 9.59 Å². The van der Waals surface area contributed by atoms with Gasteiger partial charge in [-0.25, -0.2) is 9.50 Å². The molecule has 17 heteroatoms. The molecular formula is C40H41N11O6. The Morgan fingerprint density at radius 3 is 2.58 bits per heavy atom. The van der Waals surface area contributed by atoms with Gasteiger partial charge in [-0.05, 0) is 56.6 Å². The van der Waals surface area contributed by atoms with Crippen LogP contribution in [-0.4, -0.2) is 134 Å². The number of carbonyl (C=O) groups is 5. The lowest BCUT2D eigenvalue weighted by Crippen LogP contribution is -2.54.